The second kappa shape index (κ2) is 4.81. The lowest BCUT2D eigenvalue weighted by Crippen LogP contribution is -2.27. The summed E-state index contributed by atoms with van der Waals surface area (Å²) in [5.74, 6) is 0. The van der Waals surface area contributed by atoms with Crippen molar-refractivity contribution in [3.63, 3.8) is 0 Å². The summed E-state index contributed by atoms with van der Waals surface area (Å²) in [5.41, 5.74) is 1.96. The summed E-state index contributed by atoms with van der Waals surface area (Å²) in [6.45, 7) is 4.10. The van der Waals surface area contributed by atoms with Crippen molar-refractivity contribution in [2.24, 2.45) is 0 Å². The Morgan fingerprint density at radius 1 is 1.32 bits per heavy atom. The number of benzene rings is 1. The summed E-state index contributed by atoms with van der Waals surface area (Å²) in [5, 5.41) is 14.3. The van der Waals surface area contributed by atoms with Crippen LogP contribution >= 0.6 is 0 Å². The number of anilines is 1. The third kappa shape index (κ3) is 2.87. The quantitative estimate of drug-likeness (QED) is 0.668. The van der Waals surface area contributed by atoms with E-state index in [4.69, 9.17) is 0 Å². The van der Waals surface area contributed by atoms with E-state index in [1.807, 2.05) is 13.0 Å². The first-order valence-electron chi connectivity index (χ1n) is 6.88. The third-order valence-electron chi connectivity index (χ3n) is 3.93. The number of nitrogens with one attached hydrogen (secondary N) is 1. The number of hydrogen-bond acceptors (Lipinski definition) is 4. The van der Waals surface area contributed by atoms with Crippen LogP contribution < -0.4 is 5.32 Å². The van der Waals surface area contributed by atoms with E-state index in [1.165, 1.54) is 12.8 Å². The van der Waals surface area contributed by atoms with Gasteiger partial charge in [-0.05, 0) is 37.8 Å². The molecular weight excluding hydrogens is 242 g/mol. The van der Waals surface area contributed by atoms with Gasteiger partial charge in [0.2, 0.25) is 0 Å². The number of likely N-dealkylation sites (tertiary alicyclic amines) is 1. The molecule has 1 saturated heterocycles. The number of non-ortho nitro benzene ring substituents is 1. The van der Waals surface area contributed by atoms with Gasteiger partial charge in [-0.15, -0.1) is 0 Å². The van der Waals surface area contributed by atoms with E-state index in [1.54, 1.807) is 12.1 Å². The highest BCUT2D eigenvalue weighted by Crippen LogP contribution is 2.31. The molecule has 1 aromatic carbocycles. The summed E-state index contributed by atoms with van der Waals surface area (Å²) in [7, 11) is 0. The maximum Gasteiger partial charge on any atom is 0.271 e. The van der Waals surface area contributed by atoms with Gasteiger partial charge in [0.15, 0.2) is 0 Å². The summed E-state index contributed by atoms with van der Waals surface area (Å²) in [4.78, 5) is 13.1. The minimum atomic E-state index is -0.330. The highest BCUT2D eigenvalue weighted by atomic mass is 16.6. The van der Waals surface area contributed by atoms with Crippen molar-refractivity contribution in [3.8, 4) is 0 Å². The molecule has 0 aromatic heterocycles. The Labute approximate surface area is 112 Å². The average Bonchev–Trinajstić information content (AvgIpc) is 3.10. The van der Waals surface area contributed by atoms with Crippen LogP contribution in [0.2, 0.25) is 0 Å². The summed E-state index contributed by atoms with van der Waals surface area (Å²) >= 11 is 0. The van der Waals surface area contributed by atoms with Crippen LogP contribution in [0.15, 0.2) is 18.2 Å². The van der Waals surface area contributed by atoms with Crippen LogP contribution in [-0.2, 0) is 0 Å². The van der Waals surface area contributed by atoms with Gasteiger partial charge in [-0.2, -0.15) is 0 Å². The van der Waals surface area contributed by atoms with Crippen LogP contribution in [0.25, 0.3) is 0 Å². The third-order valence-corrected chi connectivity index (χ3v) is 3.93. The van der Waals surface area contributed by atoms with E-state index < -0.39 is 0 Å². The molecule has 0 spiro atoms. The van der Waals surface area contributed by atoms with E-state index in [0.717, 1.165) is 36.8 Å². The first-order valence-corrected chi connectivity index (χ1v) is 6.88. The summed E-state index contributed by atoms with van der Waals surface area (Å²) < 4.78 is 0. The molecule has 5 nitrogen and oxygen atoms in total. The zero-order valence-corrected chi connectivity index (χ0v) is 11.1. The predicted molar refractivity (Wildman–Crippen MR) is 74.5 cm³/mol. The second-order valence-electron chi connectivity index (χ2n) is 5.67. The second-order valence-corrected chi connectivity index (χ2v) is 5.67. The molecule has 1 aliphatic heterocycles. The SMILES string of the molecule is Cc1cc(NC2CCN(C3CC3)C2)cc([N+](=O)[O-])c1. The van der Waals surface area contributed by atoms with Crippen molar-refractivity contribution < 1.29 is 4.92 Å². The molecule has 1 unspecified atom stereocenters. The van der Waals surface area contributed by atoms with Crippen molar-refractivity contribution in [2.45, 2.75) is 38.3 Å². The van der Waals surface area contributed by atoms with Gasteiger partial charge in [0.05, 0.1) is 4.92 Å². The van der Waals surface area contributed by atoms with E-state index in [-0.39, 0.29) is 10.6 Å². The zero-order chi connectivity index (χ0) is 13.4. The molecule has 5 heteroatoms. The molecule has 0 amide bonds. The number of aryl methyl sites for hydroxylation is 1. The molecule has 1 aromatic rings. The van der Waals surface area contributed by atoms with Gasteiger partial charge in [0.1, 0.15) is 0 Å². The molecule has 3 rings (SSSR count). The summed E-state index contributed by atoms with van der Waals surface area (Å²) in [6.07, 6.45) is 3.80. The van der Waals surface area contributed by atoms with Gasteiger partial charge in [-0.25, -0.2) is 0 Å². The molecule has 2 fully saturated rings. The Hall–Kier alpha value is -1.62. The number of rotatable bonds is 4. The largest absolute Gasteiger partial charge is 0.381 e. The fourth-order valence-corrected chi connectivity index (χ4v) is 2.86. The van der Waals surface area contributed by atoms with Crippen LogP contribution in [0.1, 0.15) is 24.8 Å². The Kier molecular flexibility index (Phi) is 3.14. The predicted octanol–water partition coefficient (Wildman–Crippen LogP) is 2.55. The first-order chi connectivity index (χ1) is 9.11. The van der Waals surface area contributed by atoms with E-state index in [2.05, 4.69) is 10.2 Å². The van der Waals surface area contributed by atoms with E-state index >= 15 is 0 Å². The van der Waals surface area contributed by atoms with Crippen molar-refractivity contribution >= 4 is 11.4 Å². The maximum atomic E-state index is 10.9. The van der Waals surface area contributed by atoms with Crippen molar-refractivity contribution in [1.82, 2.24) is 4.90 Å². The maximum absolute atomic E-state index is 10.9. The van der Waals surface area contributed by atoms with Crippen LogP contribution in [0, 0.1) is 17.0 Å². The smallest absolute Gasteiger partial charge is 0.271 e. The number of hydrogen-bond donors (Lipinski definition) is 1. The Morgan fingerprint density at radius 2 is 2.11 bits per heavy atom. The standard InChI is InChI=1S/C14H19N3O2/c1-10-6-12(8-14(7-10)17(18)19)15-11-4-5-16(9-11)13-2-3-13/h6-8,11,13,15H,2-5,9H2,1H3. The van der Waals surface area contributed by atoms with Crippen molar-refractivity contribution in [3.05, 3.63) is 33.9 Å². The fourth-order valence-electron chi connectivity index (χ4n) is 2.86. The molecule has 102 valence electrons. The highest BCUT2D eigenvalue weighted by Gasteiger charge is 2.34. The van der Waals surface area contributed by atoms with Gasteiger partial charge >= 0.3 is 0 Å². The van der Waals surface area contributed by atoms with Gasteiger partial charge in [-0.1, -0.05) is 0 Å². The summed E-state index contributed by atoms with van der Waals surface area (Å²) in [6, 6.07) is 6.44. The van der Waals surface area contributed by atoms with Gasteiger partial charge in [0.25, 0.3) is 5.69 Å². The Morgan fingerprint density at radius 3 is 2.79 bits per heavy atom. The Balaban J connectivity index is 1.67. The normalized spacial score (nSPS) is 23.5. The molecule has 1 atom stereocenters. The van der Waals surface area contributed by atoms with Crippen LogP contribution in [-0.4, -0.2) is 35.0 Å². The van der Waals surface area contributed by atoms with Crippen molar-refractivity contribution in [2.75, 3.05) is 18.4 Å². The molecule has 1 heterocycles. The molecule has 1 aliphatic carbocycles. The lowest BCUT2D eigenvalue weighted by atomic mass is 10.1. The highest BCUT2D eigenvalue weighted by molar-refractivity contribution is 5.54. The number of nitro benzene ring substituents is 1. The number of nitrogens with zero attached hydrogens (tertiary/aromatic N) is 2. The van der Waals surface area contributed by atoms with Crippen LogP contribution in [0.3, 0.4) is 0 Å². The minimum absolute atomic E-state index is 0.166. The molecule has 0 radical (unpaired) electrons. The topological polar surface area (TPSA) is 58.4 Å². The van der Waals surface area contributed by atoms with Crippen molar-refractivity contribution in [1.29, 1.82) is 0 Å². The molecule has 1 N–H and O–H groups in total. The van der Waals surface area contributed by atoms with E-state index in [0.29, 0.717) is 6.04 Å². The Bertz CT molecular complexity index is 499. The average molecular weight is 261 g/mol. The zero-order valence-electron chi connectivity index (χ0n) is 11.1. The van der Waals surface area contributed by atoms with Gasteiger partial charge in [-0.3, -0.25) is 15.0 Å². The van der Waals surface area contributed by atoms with E-state index in [9.17, 15) is 10.1 Å². The minimum Gasteiger partial charge on any atom is -0.381 e. The lowest BCUT2D eigenvalue weighted by Gasteiger charge is -2.16. The molecule has 1 saturated carbocycles. The van der Waals surface area contributed by atoms with Crippen LogP contribution in [0.5, 0.6) is 0 Å². The van der Waals surface area contributed by atoms with Crippen LogP contribution in [0.4, 0.5) is 11.4 Å². The lowest BCUT2D eigenvalue weighted by molar-refractivity contribution is -0.384. The monoisotopic (exact) mass is 261 g/mol. The van der Waals surface area contributed by atoms with Gasteiger partial charge < -0.3 is 5.32 Å². The molecular formula is C14H19N3O2. The fraction of sp³-hybridized carbons (Fsp3) is 0.571. The first kappa shape index (κ1) is 12.4. The number of nitro groups is 1. The van der Waals surface area contributed by atoms with Gasteiger partial charge in [0, 0.05) is 43.0 Å². The molecule has 19 heavy (non-hydrogen) atoms. The molecule has 0 bridgehead atoms. The molecule has 2 aliphatic rings.